The third-order valence-corrected chi connectivity index (χ3v) is 3.27. The van der Waals surface area contributed by atoms with Gasteiger partial charge < -0.3 is 15.3 Å². The van der Waals surface area contributed by atoms with E-state index in [0.717, 1.165) is 5.56 Å². The molecule has 0 saturated heterocycles. The van der Waals surface area contributed by atoms with Crippen LogP contribution in [0.3, 0.4) is 0 Å². The summed E-state index contributed by atoms with van der Waals surface area (Å²) < 4.78 is 0. The first kappa shape index (κ1) is 14.5. The summed E-state index contributed by atoms with van der Waals surface area (Å²) in [6.07, 6.45) is 0. The standard InChI is InChI=1S/C12H18N2O3S/c1-8(2)14(6-11(15)16)12(17)13-9(3)10-4-5-18-7-10/h4-5,7-9H,6H2,1-3H3,(H,13,17)(H,15,16). The van der Waals surface area contributed by atoms with E-state index < -0.39 is 5.97 Å². The van der Waals surface area contributed by atoms with Crippen LogP contribution in [0.25, 0.3) is 0 Å². The largest absolute Gasteiger partial charge is 0.480 e. The van der Waals surface area contributed by atoms with Crippen molar-refractivity contribution in [2.45, 2.75) is 32.9 Å². The second-order valence-corrected chi connectivity index (χ2v) is 5.12. The Bertz CT molecular complexity index is 403. The molecule has 6 heteroatoms. The molecule has 2 amide bonds. The summed E-state index contributed by atoms with van der Waals surface area (Å²) in [6.45, 7) is 5.16. The van der Waals surface area contributed by atoms with Gasteiger partial charge in [-0.05, 0) is 43.2 Å². The average molecular weight is 270 g/mol. The highest BCUT2D eigenvalue weighted by Crippen LogP contribution is 2.16. The molecule has 0 bridgehead atoms. The molecule has 1 aromatic heterocycles. The van der Waals surface area contributed by atoms with Gasteiger partial charge in [0.05, 0.1) is 6.04 Å². The molecule has 0 saturated carbocycles. The van der Waals surface area contributed by atoms with Crippen molar-refractivity contribution >= 4 is 23.3 Å². The Morgan fingerprint density at radius 2 is 2.11 bits per heavy atom. The summed E-state index contributed by atoms with van der Waals surface area (Å²) in [5, 5.41) is 15.5. The number of rotatable bonds is 5. The molecule has 0 aliphatic carbocycles. The molecule has 2 N–H and O–H groups in total. The quantitative estimate of drug-likeness (QED) is 0.862. The molecule has 1 unspecified atom stereocenters. The van der Waals surface area contributed by atoms with Gasteiger partial charge in [-0.25, -0.2) is 4.79 Å². The van der Waals surface area contributed by atoms with Crippen LogP contribution in [-0.2, 0) is 4.79 Å². The topological polar surface area (TPSA) is 69.6 Å². The zero-order chi connectivity index (χ0) is 13.7. The second kappa shape index (κ2) is 6.39. The molecule has 1 heterocycles. The lowest BCUT2D eigenvalue weighted by atomic mass is 10.2. The van der Waals surface area contributed by atoms with Crippen molar-refractivity contribution in [3.05, 3.63) is 22.4 Å². The number of aliphatic carboxylic acids is 1. The van der Waals surface area contributed by atoms with E-state index in [9.17, 15) is 9.59 Å². The highest BCUT2D eigenvalue weighted by Gasteiger charge is 2.21. The molecule has 0 aromatic carbocycles. The Balaban J connectivity index is 2.64. The van der Waals surface area contributed by atoms with Crippen molar-refractivity contribution in [3.8, 4) is 0 Å². The molecule has 1 rings (SSSR count). The van der Waals surface area contributed by atoms with E-state index >= 15 is 0 Å². The summed E-state index contributed by atoms with van der Waals surface area (Å²) in [5.41, 5.74) is 1.02. The Morgan fingerprint density at radius 1 is 1.44 bits per heavy atom. The molecule has 0 spiro atoms. The summed E-state index contributed by atoms with van der Waals surface area (Å²) in [4.78, 5) is 24.0. The zero-order valence-corrected chi connectivity index (χ0v) is 11.5. The molecule has 18 heavy (non-hydrogen) atoms. The lowest BCUT2D eigenvalue weighted by Gasteiger charge is -2.26. The number of carbonyl (C=O) groups excluding carboxylic acids is 1. The number of nitrogens with one attached hydrogen (secondary N) is 1. The Morgan fingerprint density at radius 3 is 2.56 bits per heavy atom. The highest BCUT2D eigenvalue weighted by molar-refractivity contribution is 7.07. The molecule has 100 valence electrons. The van der Waals surface area contributed by atoms with Gasteiger partial charge in [-0.15, -0.1) is 0 Å². The van der Waals surface area contributed by atoms with Gasteiger partial charge in [0.15, 0.2) is 0 Å². The number of hydrogen-bond donors (Lipinski definition) is 2. The molecular weight excluding hydrogens is 252 g/mol. The molecule has 0 fully saturated rings. The Labute approximate surface area is 110 Å². The van der Waals surface area contributed by atoms with E-state index in [-0.39, 0.29) is 24.7 Å². The summed E-state index contributed by atoms with van der Waals surface area (Å²) in [6, 6.07) is 1.30. The summed E-state index contributed by atoms with van der Waals surface area (Å²) in [5.74, 6) is -1.01. The number of thiophene rings is 1. The van der Waals surface area contributed by atoms with Crippen molar-refractivity contribution in [1.82, 2.24) is 10.2 Å². The fraction of sp³-hybridized carbons (Fsp3) is 0.500. The van der Waals surface area contributed by atoms with Gasteiger partial charge in [0.1, 0.15) is 6.54 Å². The van der Waals surface area contributed by atoms with Gasteiger partial charge in [-0.2, -0.15) is 11.3 Å². The van der Waals surface area contributed by atoms with Crippen molar-refractivity contribution < 1.29 is 14.7 Å². The monoisotopic (exact) mass is 270 g/mol. The van der Waals surface area contributed by atoms with E-state index in [1.165, 1.54) is 4.90 Å². The van der Waals surface area contributed by atoms with Crippen LogP contribution < -0.4 is 5.32 Å². The molecule has 5 nitrogen and oxygen atoms in total. The molecule has 1 aromatic rings. The van der Waals surface area contributed by atoms with Gasteiger partial charge in [0, 0.05) is 6.04 Å². The first-order chi connectivity index (χ1) is 8.41. The number of carbonyl (C=O) groups is 2. The first-order valence-electron chi connectivity index (χ1n) is 5.72. The number of carboxylic acids is 1. The summed E-state index contributed by atoms with van der Waals surface area (Å²) in [7, 11) is 0. The SMILES string of the molecule is CC(NC(=O)N(CC(=O)O)C(C)C)c1ccsc1. The maximum atomic E-state index is 12.0. The van der Waals surface area contributed by atoms with Gasteiger partial charge in [0.25, 0.3) is 0 Å². The number of carboxylic acid groups (broad SMARTS) is 1. The predicted octanol–water partition coefficient (Wildman–Crippen LogP) is 2.31. The van der Waals surface area contributed by atoms with Crippen LogP contribution in [0, 0.1) is 0 Å². The molecule has 1 atom stereocenters. The minimum absolute atomic E-state index is 0.126. The number of nitrogens with zero attached hydrogens (tertiary/aromatic N) is 1. The van der Waals surface area contributed by atoms with Gasteiger partial charge in [0.2, 0.25) is 0 Å². The van der Waals surface area contributed by atoms with Gasteiger partial charge in [-0.3, -0.25) is 4.79 Å². The highest BCUT2D eigenvalue weighted by atomic mass is 32.1. The lowest BCUT2D eigenvalue weighted by Crippen LogP contribution is -2.47. The van der Waals surface area contributed by atoms with E-state index in [2.05, 4.69) is 5.32 Å². The predicted molar refractivity (Wildman–Crippen MR) is 70.7 cm³/mol. The minimum Gasteiger partial charge on any atom is -0.480 e. The van der Waals surface area contributed by atoms with Crippen LogP contribution in [0.2, 0.25) is 0 Å². The van der Waals surface area contributed by atoms with Crippen molar-refractivity contribution in [2.24, 2.45) is 0 Å². The van der Waals surface area contributed by atoms with E-state index in [1.807, 2.05) is 23.8 Å². The molecule has 0 radical (unpaired) electrons. The molecular formula is C12H18N2O3S. The maximum Gasteiger partial charge on any atom is 0.323 e. The normalized spacial score (nSPS) is 12.2. The fourth-order valence-corrected chi connectivity index (χ4v) is 2.26. The molecule has 0 aliphatic rings. The van der Waals surface area contributed by atoms with Crippen LogP contribution in [-0.4, -0.2) is 34.6 Å². The average Bonchev–Trinajstić information content (AvgIpc) is 2.78. The van der Waals surface area contributed by atoms with Crippen molar-refractivity contribution in [2.75, 3.05) is 6.54 Å². The van der Waals surface area contributed by atoms with Crippen molar-refractivity contribution in [3.63, 3.8) is 0 Å². The van der Waals surface area contributed by atoms with E-state index in [1.54, 1.807) is 25.2 Å². The first-order valence-corrected chi connectivity index (χ1v) is 6.67. The number of hydrogen-bond acceptors (Lipinski definition) is 3. The van der Waals surface area contributed by atoms with Gasteiger partial charge in [-0.1, -0.05) is 0 Å². The fourth-order valence-electron chi connectivity index (χ4n) is 1.51. The minimum atomic E-state index is -1.01. The van der Waals surface area contributed by atoms with Crippen LogP contribution in [0.15, 0.2) is 16.8 Å². The van der Waals surface area contributed by atoms with E-state index in [0.29, 0.717) is 0 Å². The van der Waals surface area contributed by atoms with Crippen molar-refractivity contribution in [1.29, 1.82) is 0 Å². The van der Waals surface area contributed by atoms with Crippen LogP contribution >= 0.6 is 11.3 Å². The van der Waals surface area contributed by atoms with Crippen LogP contribution in [0.1, 0.15) is 32.4 Å². The Kier molecular flexibility index (Phi) is 5.15. The zero-order valence-electron chi connectivity index (χ0n) is 10.7. The second-order valence-electron chi connectivity index (χ2n) is 4.34. The third kappa shape index (κ3) is 4.03. The third-order valence-electron chi connectivity index (χ3n) is 2.57. The smallest absolute Gasteiger partial charge is 0.323 e. The van der Waals surface area contributed by atoms with E-state index in [4.69, 9.17) is 5.11 Å². The Hall–Kier alpha value is -1.56. The van der Waals surface area contributed by atoms with Crippen LogP contribution in [0.4, 0.5) is 4.79 Å². The summed E-state index contributed by atoms with van der Waals surface area (Å²) >= 11 is 1.56. The number of urea groups is 1. The van der Waals surface area contributed by atoms with Gasteiger partial charge >= 0.3 is 12.0 Å². The maximum absolute atomic E-state index is 12.0. The number of amides is 2. The van der Waals surface area contributed by atoms with Crippen LogP contribution in [0.5, 0.6) is 0 Å². The molecule has 0 aliphatic heterocycles. The lowest BCUT2D eigenvalue weighted by molar-refractivity contribution is -0.138.